The second-order valence-corrected chi connectivity index (χ2v) is 7.07. The summed E-state index contributed by atoms with van der Waals surface area (Å²) in [5.41, 5.74) is 1.55. The molecule has 0 saturated carbocycles. The molecular weight excluding hydrogens is 347 g/mol. The summed E-state index contributed by atoms with van der Waals surface area (Å²) >= 11 is 0. The van der Waals surface area contributed by atoms with Gasteiger partial charge < -0.3 is 15.7 Å². The first-order valence-electron chi connectivity index (χ1n) is 8.60. The molecule has 0 bridgehead atoms. The van der Waals surface area contributed by atoms with Gasteiger partial charge >= 0.3 is 0 Å². The molecule has 8 heteroatoms. The average molecular weight is 370 g/mol. The van der Waals surface area contributed by atoms with Crippen molar-refractivity contribution in [1.82, 2.24) is 19.9 Å². The number of fused-ring (bicyclic) bond motifs is 1. The Morgan fingerprint density at radius 3 is 2.78 bits per heavy atom. The van der Waals surface area contributed by atoms with Gasteiger partial charge in [-0.1, -0.05) is 6.07 Å². The number of aryl methyl sites for hydroxylation is 1. The first-order chi connectivity index (χ1) is 12.6. The van der Waals surface area contributed by atoms with Crippen molar-refractivity contribution in [3.05, 3.63) is 59.2 Å². The van der Waals surface area contributed by atoms with Crippen molar-refractivity contribution < 1.29 is 9.50 Å². The number of nitrogens with one attached hydrogen (secondary N) is 3. The lowest BCUT2D eigenvalue weighted by atomic mass is 10.0. The Labute approximate surface area is 156 Å². The van der Waals surface area contributed by atoms with Gasteiger partial charge in [0, 0.05) is 6.20 Å². The third-order valence-corrected chi connectivity index (χ3v) is 4.14. The molecule has 7 nitrogen and oxygen atoms in total. The van der Waals surface area contributed by atoms with Crippen LogP contribution in [0.4, 0.5) is 10.2 Å². The molecule has 1 atom stereocenters. The lowest BCUT2D eigenvalue weighted by Crippen LogP contribution is -2.43. The van der Waals surface area contributed by atoms with Gasteiger partial charge in [-0.05, 0) is 57.0 Å². The molecule has 0 spiro atoms. The van der Waals surface area contributed by atoms with Gasteiger partial charge in [0.15, 0.2) is 5.65 Å². The van der Waals surface area contributed by atoms with Crippen molar-refractivity contribution in [3.8, 4) is 0 Å². The molecule has 0 amide bonds. The molecule has 4 N–H and O–H groups in total. The maximum Gasteiger partial charge on any atom is 0.168 e. The van der Waals surface area contributed by atoms with E-state index in [9.17, 15) is 9.50 Å². The second kappa shape index (κ2) is 6.96. The number of nitrogens with zero attached hydrogens (tertiary/aromatic N) is 3. The van der Waals surface area contributed by atoms with Gasteiger partial charge in [-0.25, -0.2) is 13.9 Å². The number of hydrogen-bond donors (Lipinski definition) is 4. The molecule has 3 rings (SSSR count). The zero-order valence-corrected chi connectivity index (χ0v) is 15.7. The summed E-state index contributed by atoms with van der Waals surface area (Å²) in [6.07, 6.45) is 3.25. The van der Waals surface area contributed by atoms with Crippen molar-refractivity contribution in [2.24, 2.45) is 0 Å². The van der Waals surface area contributed by atoms with Crippen LogP contribution in [0.25, 0.3) is 5.65 Å². The Kier molecular flexibility index (Phi) is 4.84. The predicted molar refractivity (Wildman–Crippen MR) is 102 cm³/mol. The van der Waals surface area contributed by atoms with Crippen LogP contribution in [0.1, 0.15) is 43.5 Å². The van der Waals surface area contributed by atoms with E-state index in [0.717, 1.165) is 11.1 Å². The average Bonchev–Trinajstić information content (AvgIpc) is 2.98. The molecule has 142 valence electrons. The minimum Gasteiger partial charge on any atom is -0.372 e. The highest BCUT2D eigenvalue weighted by Crippen LogP contribution is 2.23. The summed E-state index contributed by atoms with van der Waals surface area (Å²) in [6.45, 7) is 6.97. The number of benzene rings is 1. The highest BCUT2D eigenvalue weighted by molar-refractivity contribution is 6.01. The molecule has 2 aromatic heterocycles. The summed E-state index contributed by atoms with van der Waals surface area (Å²) in [4.78, 5) is 4.54. The maximum atomic E-state index is 13.6. The normalized spacial score (nSPS) is 12.8. The van der Waals surface area contributed by atoms with Crippen molar-refractivity contribution in [1.29, 1.82) is 5.41 Å². The molecule has 1 aromatic carbocycles. The third-order valence-electron chi connectivity index (χ3n) is 4.14. The summed E-state index contributed by atoms with van der Waals surface area (Å²) in [6, 6.07) is 6.31. The SMILES string of the molecule is Cc1ccc(F)cc1[C@H](C)Nc1ccn2ncc(C(=N)NC(C)(C)O)c2n1. The van der Waals surface area contributed by atoms with Crippen LogP contribution >= 0.6 is 0 Å². The Morgan fingerprint density at radius 2 is 2.07 bits per heavy atom. The van der Waals surface area contributed by atoms with Crippen LogP contribution in [0, 0.1) is 18.2 Å². The van der Waals surface area contributed by atoms with Gasteiger partial charge in [0.1, 0.15) is 23.2 Å². The maximum absolute atomic E-state index is 13.6. The van der Waals surface area contributed by atoms with Gasteiger partial charge in [-0.3, -0.25) is 5.41 Å². The summed E-state index contributed by atoms with van der Waals surface area (Å²) in [5.74, 6) is 0.324. The van der Waals surface area contributed by atoms with Crippen LogP contribution in [0.15, 0.2) is 36.7 Å². The van der Waals surface area contributed by atoms with Gasteiger partial charge in [-0.15, -0.1) is 0 Å². The van der Waals surface area contributed by atoms with Gasteiger partial charge in [0.25, 0.3) is 0 Å². The van der Waals surface area contributed by atoms with Gasteiger partial charge in [0.05, 0.1) is 17.8 Å². The molecule has 0 fully saturated rings. The Bertz CT molecular complexity index is 992. The van der Waals surface area contributed by atoms with Crippen LogP contribution in [-0.2, 0) is 0 Å². The molecule has 0 unspecified atom stereocenters. The minimum atomic E-state index is -1.23. The van der Waals surface area contributed by atoms with E-state index in [4.69, 9.17) is 5.41 Å². The zero-order chi connectivity index (χ0) is 19.8. The fourth-order valence-electron chi connectivity index (χ4n) is 2.88. The summed E-state index contributed by atoms with van der Waals surface area (Å²) < 4.78 is 15.1. The van der Waals surface area contributed by atoms with Crippen LogP contribution in [0.5, 0.6) is 0 Å². The Morgan fingerprint density at radius 1 is 1.33 bits per heavy atom. The minimum absolute atomic E-state index is 0.0242. The zero-order valence-electron chi connectivity index (χ0n) is 15.7. The van der Waals surface area contributed by atoms with Gasteiger partial charge in [0.2, 0.25) is 0 Å². The lowest BCUT2D eigenvalue weighted by Gasteiger charge is -2.20. The van der Waals surface area contributed by atoms with E-state index in [1.165, 1.54) is 18.3 Å². The number of aromatic nitrogens is 3. The van der Waals surface area contributed by atoms with E-state index in [1.807, 2.05) is 13.8 Å². The molecule has 27 heavy (non-hydrogen) atoms. The largest absolute Gasteiger partial charge is 0.372 e. The van der Waals surface area contributed by atoms with Crippen molar-refractivity contribution in [2.45, 2.75) is 39.5 Å². The van der Waals surface area contributed by atoms with E-state index in [-0.39, 0.29) is 17.7 Å². The first kappa shape index (κ1) is 18.8. The van der Waals surface area contributed by atoms with E-state index in [2.05, 4.69) is 20.7 Å². The molecule has 3 aromatic rings. The number of halogens is 1. The van der Waals surface area contributed by atoms with Crippen LogP contribution < -0.4 is 10.6 Å². The third kappa shape index (κ3) is 4.22. The van der Waals surface area contributed by atoms with Crippen LogP contribution in [0.3, 0.4) is 0 Å². The Balaban J connectivity index is 1.89. The molecule has 0 radical (unpaired) electrons. The van der Waals surface area contributed by atoms with Crippen molar-refractivity contribution >= 4 is 17.3 Å². The molecule has 2 heterocycles. The van der Waals surface area contributed by atoms with Crippen LogP contribution in [-0.4, -0.2) is 31.3 Å². The molecule has 0 aliphatic rings. The number of anilines is 1. The van der Waals surface area contributed by atoms with Crippen molar-refractivity contribution in [3.63, 3.8) is 0 Å². The smallest absolute Gasteiger partial charge is 0.168 e. The van der Waals surface area contributed by atoms with Crippen LogP contribution in [0.2, 0.25) is 0 Å². The highest BCUT2D eigenvalue weighted by Gasteiger charge is 2.19. The quantitative estimate of drug-likeness (QED) is 0.314. The number of aliphatic hydroxyl groups is 1. The number of amidine groups is 1. The van der Waals surface area contributed by atoms with E-state index < -0.39 is 5.72 Å². The number of rotatable bonds is 5. The van der Waals surface area contributed by atoms with E-state index in [0.29, 0.717) is 17.0 Å². The van der Waals surface area contributed by atoms with Crippen molar-refractivity contribution in [2.75, 3.05) is 5.32 Å². The monoisotopic (exact) mass is 370 g/mol. The molecule has 0 aliphatic carbocycles. The predicted octanol–water partition coefficient (Wildman–Crippen LogP) is 2.99. The standard InChI is InChI=1S/C19H23FN6O/c1-11-5-6-13(20)9-14(11)12(2)23-16-7-8-26-18(24-16)15(10-22-26)17(21)25-19(3,4)27/h5-10,12,27H,1-4H3,(H2,21,25)(H,23,24)/t12-/m0/s1. The fourth-order valence-corrected chi connectivity index (χ4v) is 2.88. The highest BCUT2D eigenvalue weighted by atomic mass is 19.1. The summed E-state index contributed by atoms with van der Waals surface area (Å²) in [7, 11) is 0. The summed E-state index contributed by atoms with van der Waals surface area (Å²) in [5, 5.41) is 28.2. The second-order valence-electron chi connectivity index (χ2n) is 7.07. The van der Waals surface area contributed by atoms with E-state index >= 15 is 0 Å². The molecular formula is C19H23FN6O. The lowest BCUT2D eigenvalue weighted by molar-refractivity contribution is 0.0649. The van der Waals surface area contributed by atoms with Gasteiger partial charge in [-0.2, -0.15) is 5.10 Å². The Hall–Kier alpha value is -3.00. The van der Waals surface area contributed by atoms with E-state index in [1.54, 1.807) is 36.7 Å². The number of hydrogen-bond acceptors (Lipinski definition) is 5. The molecule has 0 saturated heterocycles. The first-order valence-corrected chi connectivity index (χ1v) is 8.60. The fraction of sp³-hybridized carbons (Fsp3) is 0.316. The topological polar surface area (TPSA) is 98.3 Å². The molecule has 0 aliphatic heterocycles.